The standard InChI is InChI=1S/C19H24N2OS/c1-21(2)18(16-9-5-4-6-10-16)13-20-19(22)17-11-7-8-15(12-17)14-23-3/h4-12,18H,13-14H2,1-3H3,(H,20,22). The number of nitrogens with one attached hydrogen (secondary N) is 1. The predicted molar refractivity (Wildman–Crippen MR) is 98.9 cm³/mol. The Bertz CT molecular complexity index is 628. The Morgan fingerprint density at radius 2 is 1.87 bits per heavy atom. The Kier molecular flexibility index (Phi) is 6.68. The van der Waals surface area contributed by atoms with Crippen LogP contribution in [-0.4, -0.2) is 37.7 Å². The van der Waals surface area contributed by atoms with Gasteiger partial charge in [-0.1, -0.05) is 42.5 Å². The molecule has 0 saturated carbocycles. The van der Waals surface area contributed by atoms with E-state index in [0.717, 1.165) is 11.3 Å². The van der Waals surface area contributed by atoms with Crippen molar-refractivity contribution in [2.45, 2.75) is 11.8 Å². The van der Waals surface area contributed by atoms with Crippen LogP contribution in [0.1, 0.15) is 27.5 Å². The molecule has 2 aromatic carbocycles. The number of nitrogens with zero attached hydrogens (tertiary/aromatic N) is 1. The van der Waals surface area contributed by atoms with Gasteiger partial charge in [0, 0.05) is 17.9 Å². The Balaban J connectivity index is 2.03. The Labute approximate surface area is 143 Å². The van der Waals surface area contributed by atoms with E-state index in [9.17, 15) is 4.79 Å². The van der Waals surface area contributed by atoms with Gasteiger partial charge in [0.15, 0.2) is 0 Å². The number of hydrogen-bond acceptors (Lipinski definition) is 3. The maximum atomic E-state index is 12.4. The van der Waals surface area contributed by atoms with Gasteiger partial charge in [-0.2, -0.15) is 11.8 Å². The van der Waals surface area contributed by atoms with Crippen molar-refractivity contribution in [3.63, 3.8) is 0 Å². The summed E-state index contributed by atoms with van der Waals surface area (Å²) < 4.78 is 0. The smallest absolute Gasteiger partial charge is 0.251 e. The molecule has 3 nitrogen and oxygen atoms in total. The molecular formula is C19H24N2OS. The zero-order chi connectivity index (χ0) is 16.7. The molecule has 1 atom stereocenters. The molecular weight excluding hydrogens is 304 g/mol. The Morgan fingerprint density at radius 1 is 1.13 bits per heavy atom. The van der Waals surface area contributed by atoms with E-state index in [1.54, 1.807) is 11.8 Å². The fraction of sp³-hybridized carbons (Fsp3) is 0.316. The van der Waals surface area contributed by atoms with Crippen LogP contribution < -0.4 is 5.32 Å². The minimum absolute atomic E-state index is 0.0178. The third kappa shape index (κ3) is 5.12. The molecule has 1 amide bonds. The van der Waals surface area contributed by atoms with E-state index < -0.39 is 0 Å². The van der Waals surface area contributed by atoms with Crippen molar-refractivity contribution in [2.75, 3.05) is 26.9 Å². The van der Waals surface area contributed by atoms with E-state index in [1.807, 2.05) is 50.5 Å². The molecule has 0 aliphatic heterocycles. The summed E-state index contributed by atoms with van der Waals surface area (Å²) in [6.07, 6.45) is 2.06. The van der Waals surface area contributed by atoms with Crippen LogP contribution in [0.3, 0.4) is 0 Å². The maximum absolute atomic E-state index is 12.4. The van der Waals surface area contributed by atoms with E-state index >= 15 is 0 Å². The Hall–Kier alpha value is -1.78. The normalized spacial score (nSPS) is 12.2. The monoisotopic (exact) mass is 328 g/mol. The minimum atomic E-state index is -0.0178. The number of rotatable bonds is 7. The molecule has 1 N–H and O–H groups in total. The molecule has 0 bridgehead atoms. The summed E-state index contributed by atoms with van der Waals surface area (Å²) in [7, 11) is 4.06. The van der Waals surface area contributed by atoms with E-state index in [2.05, 4.69) is 34.7 Å². The van der Waals surface area contributed by atoms with Gasteiger partial charge in [-0.05, 0) is 43.6 Å². The lowest BCUT2D eigenvalue weighted by Crippen LogP contribution is -2.34. The summed E-state index contributed by atoms with van der Waals surface area (Å²) in [6.45, 7) is 0.586. The third-order valence-electron chi connectivity index (χ3n) is 3.76. The second-order valence-corrected chi connectivity index (χ2v) is 6.60. The lowest BCUT2D eigenvalue weighted by molar-refractivity contribution is 0.0942. The summed E-state index contributed by atoms with van der Waals surface area (Å²) in [5.74, 6) is 0.904. The molecule has 23 heavy (non-hydrogen) atoms. The number of likely N-dealkylation sites (N-methyl/N-ethyl adjacent to an activating group) is 1. The average molecular weight is 328 g/mol. The van der Waals surface area contributed by atoms with Crippen LogP contribution in [0, 0.1) is 0 Å². The molecule has 4 heteroatoms. The van der Waals surface area contributed by atoms with Crippen molar-refractivity contribution in [1.82, 2.24) is 10.2 Å². The zero-order valence-corrected chi connectivity index (χ0v) is 14.8. The molecule has 1 unspecified atom stereocenters. The number of carbonyl (C=O) groups excluding carboxylic acids is 1. The molecule has 0 aliphatic carbocycles. The van der Waals surface area contributed by atoms with Crippen molar-refractivity contribution in [3.8, 4) is 0 Å². The molecule has 0 fully saturated rings. The average Bonchev–Trinajstić information content (AvgIpc) is 2.56. The lowest BCUT2D eigenvalue weighted by atomic mass is 10.1. The van der Waals surface area contributed by atoms with Gasteiger partial charge < -0.3 is 10.2 Å². The number of benzene rings is 2. The summed E-state index contributed by atoms with van der Waals surface area (Å²) in [5, 5.41) is 3.06. The van der Waals surface area contributed by atoms with Crippen molar-refractivity contribution >= 4 is 17.7 Å². The van der Waals surface area contributed by atoms with Gasteiger partial charge in [-0.15, -0.1) is 0 Å². The first kappa shape index (κ1) is 17.6. The molecule has 0 aromatic heterocycles. The van der Waals surface area contributed by atoms with Gasteiger partial charge in [0.05, 0.1) is 6.04 Å². The second-order valence-electron chi connectivity index (χ2n) is 5.73. The third-order valence-corrected chi connectivity index (χ3v) is 4.39. The molecule has 0 aliphatic rings. The number of hydrogen-bond donors (Lipinski definition) is 1. The maximum Gasteiger partial charge on any atom is 0.251 e. The SMILES string of the molecule is CSCc1cccc(C(=O)NCC(c2ccccc2)N(C)C)c1. The van der Waals surface area contributed by atoms with Crippen LogP contribution in [-0.2, 0) is 5.75 Å². The number of thioether (sulfide) groups is 1. The van der Waals surface area contributed by atoms with Crippen molar-refractivity contribution < 1.29 is 4.79 Å². The highest BCUT2D eigenvalue weighted by molar-refractivity contribution is 7.97. The highest BCUT2D eigenvalue weighted by atomic mass is 32.2. The first-order chi connectivity index (χ1) is 11.1. The van der Waals surface area contributed by atoms with Gasteiger partial charge in [0.2, 0.25) is 0 Å². The van der Waals surface area contributed by atoms with Crippen LogP contribution >= 0.6 is 11.8 Å². The van der Waals surface area contributed by atoms with Crippen LogP contribution in [0.4, 0.5) is 0 Å². The van der Waals surface area contributed by atoms with Crippen LogP contribution in [0.25, 0.3) is 0 Å². The van der Waals surface area contributed by atoms with E-state index in [1.165, 1.54) is 11.1 Å². The molecule has 0 saturated heterocycles. The predicted octanol–water partition coefficient (Wildman–Crippen LogP) is 3.58. The minimum Gasteiger partial charge on any atom is -0.350 e. The van der Waals surface area contributed by atoms with E-state index in [4.69, 9.17) is 0 Å². The summed E-state index contributed by atoms with van der Waals surface area (Å²) in [5.41, 5.74) is 3.11. The molecule has 2 aromatic rings. The first-order valence-corrected chi connectivity index (χ1v) is 9.08. The molecule has 0 heterocycles. The summed E-state index contributed by atoms with van der Waals surface area (Å²) in [6, 6.07) is 18.2. The molecule has 0 spiro atoms. The van der Waals surface area contributed by atoms with Crippen molar-refractivity contribution in [3.05, 3.63) is 71.3 Å². The fourth-order valence-corrected chi connectivity index (χ4v) is 3.05. The van der Waals surface area contributed by atoms with E-state index in [0.29, 0.717) is 6.54 Å². The molecule has 0 radical (unpaired) electrons. The fourth-order valence-electron chi connectivity index (χ4n) is 2.53. The van der Waals surface area contributed by atoms with Crippen molar-refractivity contribution in [1.29, 1.82) is 0 Å². The van der Waals surface area contributed by atoms with Gasteiger partial charge in [0.25, 0.3) is 5.91 Å². The van der Waals surface area contributed by atoms with E-state index in [-0.39, 0.29) is 11.9 Å². The van der Waals surface area contributed by atoms with Crippen LogP contribution in [0.15, 0.2) is 54.6 Å². The van der Waals surface area contributed by atoms with Crippen LogP contribution in [0.2, 0.25) is 0 Å². The quantitative estimate of drug-likeness (QED) is 0.843. The first-order valence-electron chi connectivity index (χ1n) is 7.69. The second kappa shape index (κ2) is 8.75. The Morgan fingerprint density at radius 3 is 2.52 bits per heavy atom. The highest BCUT2D eigenvalue weighted by Crippen LogP contribution is 2.17. The molecule has 2 rings (SSSR count). The van der Waals surface area contributed by atoms with Crippen molar-refractivity contribution in [2.24, 2.45) is 0 Å². The highest BCUT2D eigenvalue weighted by Gasteiger charge is 2.15. The molecule has 122 valence electrons. The van der Waals surface area contributed by atoms with Gasteiger partial charge in [0.1, 0.15) is 0 Å². The number of amides is 1. The van der Waals surface area contributed by atoms with Gasteiger partial charge in [-0.3, -0.25) is 4.79 Å². The summed E-state index contributed by atoms with van der Waals surface area (Å²) >= 11 is 1.76. The van der Waals surface area contributed by atoms with Crippen LogP contribution in [0.5, 0.6) is 0 Å². The largest absolute Gasteiger partial charge is 0.350 e. The topological polar surface area (TPSA) is 32.3 Å². The lowest BCUT2D eigenvalue weighted by Gasteiger charge is -2.25. The summed E-state index contributed by atoms with van der Waals surface area (Å²) in [4.78, 5) is 14.5. The van der Waals surface area contributed by atoms with Gasteiger partial charge >= 0.3 is 0 Å². The number of carbonyl (C=O) groups is 1. The van der Waals surface area contributed by atoms with Gasteiger partial charge in [-0.25, -0.2) is 0 Å². The zero-order valence-electron chi connectivity index (χ0n) is 14.0.